The molecule has 0 radical (unpaired) electrons. The molecule has 0 bridgehead atoms. The SMILES string of the molecule is C1CCC2=NCCCC2NC1. The molecule has 1 atom stereocenters. The van der Waals surface area contributed by atoms with Crippen LogP contribution < -0.4 is 5.32 Å². The molecule has 0 aromatic heterocycles. The van der Waals surface area contributed by atoms with Crippen LogP contribution in [0, 0.1) is 0 Å². The second-order valence-corrected chi connectivity index (χ2v) is 3.48. The zero-order chi connectivity index (χ0) is 7.52. The maximum Gasteiger partial charge on any atom is 0.0451 e. The lowest BCUT2D eigenvalue weighted by atomic mass is 10.0. The summed E-state index contributed by atoms with van der Waals surface area (Å²) in [6, 6.07) is 0.645. The monoisotopic (exact) mass is 152 g/mol. The van der Waals surface area contributed by atoms with Crippen molar-refractivity contribution >= 4 is 5.71 Å². The molecular formula is C9H16N2. The molecule has 1 saturated heterocycles. The van der Waals surface area contributed by atoms with Crippen molar-refractivity contribution in [2.45, 2.75) is 38.1 Å². The van der Waals surface area contributed by atoms with Crippen LogP contribution in [-0.4, -0.2) is 24.8 Å². The third-order valence-corrected chi connectivity index (χ3v) is 2.62. The van der Waals surface area contributed by atoms with Crippen molar-refractivity contribution in [2.75, 3.05) is 13.1 Å². The van der Waals surface area contributed by atoms with Crippen LogP contribution in [0.15, 0.2) is 4.99 Å². The molecule has 2 rings (SSSR count). The van der Waals surface area contributed by atoms with Crippen LogP contribution in [0.4, 0.5) is 0 Å². The van der Waals surface area contributed by atoms with E-state index in [4.69, 9.17) is 0 Å². The van der Waals surface area contributed by atoms with Crippen LogP contribution >= 0.6 is 0 Å². The first-order chi connectivity index (χ1) is 5.47. The third-order valence-electron chi connectivity index (χ3n) is 2.62. The first-order valence-corrected chi connectivity index (χ1v) is 4.73. The molecule has 0 spiro atoms. The summed E-state index contributed by atoms with van der Waals surface area (Å²) in [5, 5.41) is 3.55. The molecule has 0 saturated carbocycles. The summed E-state index contributed by atoms with van der Waals surface area (Å²) in [6.07, 6.45) is 6.51. The van der Waals surface area contributed by atoms with Crippen LogP contribution in [0.5, 0.6) is 0 Å². The lowest BCUT2D eigenvalue weighted by molar-refractivity contribution is 0.550. The normalized spacial score (nSPS) is 32.0. The second kappa shape index (κ2) is 3.35. The minimum Gasteiger partial charge on any atom is -0.309 e. The van der Waals surface area contributed by atoms with Gasteiger partial charge in [0.25, 0.3) is 0 Å². The molecule has 0 aliphatic carbocycles. The molecule has 0 aromatic carbocycles. The van der Waals surface area contributed by atoms with Gasteiger partial charge < -0.3 is 5.32 Å². The Balaban J connectivity index is 2.07. The molecular weight excluding hydrogens is 136 g/mol. The van der Waals surface area contributed by atoms with E-state index in [1.807, 2.05) is 0 Å². The van der Waals surface area contributed by atoms with Gasteiger partial charge in [0.2, 0.25) is 0 Å². The van der Waals surface area contributed by atoms with E-state index in [1.165, 1.54) is 44.4 Å². The Labute approximate surface area is 68.1 Å². The highest BCUT2D eigenvalue weighted by Gasteiger charge is 2.19. The summed E-state index contributed by atoms with van der Waals surface area (Å²) in [4.78, 5) is 4.57. The predicted molar refractivity (Wildman–Crippen MR) is 47.2 cm³/mol. The Morgan fingerprint density at radius 2 is 2.27 bits per heavy atom. The first-order valence-electron chi connectivity index (χ1n) is 4.73. The zero-order valence-corrected chi connectivity index (χ0v) is 6.97. The predicted octanol–water partition coefficient (Wildman–Crippen LogP) is 1.36. The van der Waals surface area contributed by atoms with Gasteiger partial charge in [-0.25, -0.2) is 0 Å². The van der Waals surface area contributed by atoms with Crippen molar-refractivity contribution < 1.29 is 0 Å². The molecule has 0 amide bonds. The number of hydrogen-bond donors (Lipinski definition) is 1. The van der Waals surface area contributed by atoms with Crippen LogP contribution in [0.2, 0.25) is 0 Å². The fourth-order valence-corrected chi connectivity index (χ4v) is 1.98. The van der Waals surface area contributed by atoms with Gasteiger partial charge in [0.05, 0.1) is 0 Å². The summed E-state index contributed by atoms with van der Waals surface area (Å²) in [6.45, 7) is 2.28. The summed E-state index contributed by atoms with van der Waals surface area (Å²) >= 11 is 0. The lowest BCUT2D eigenvalue weighted by Gasteiger charge is -2.21. The molecule has 1 fully saturated rings. The van der Waals surface area contributed by atoms with Gasteiger partial charge in [0.15, 0.2) is 0 Å². The highest BCUT2D eigenvalue weighted by Crippen LogP contribution is 2.14. The molecule has 2 aliphatic rings. The van der Waals surface area contributed by atoms with Gasteiger partial charge in [0, 0.05) is 18.3 Å². The Kier molecular flexibility index (Phi) is 2.22. The van der Waals surface area contributed by atoms with Gasteiger partial charge >= 0.3 is 0 Å². The molecule has 2 heterocycles. The van der Waals surface area contributed by atoms with E-state index in [9.17, 15) is 0 Å². The minimum absolute atomic E-state index is 0.645. The Hall–Kier alpha value is -0.370. The number of fused-ring (bicyclic) bond motifs is 1. The third kappa shape index (κ3) is 1.62. The largest absolute Gasteiger partial charge is 0.309 e. The van der Waals surface area contributed by atoms with Crippen LogP contribution in [0.1, 0.15) is 32.1 Å². The molecule has 62 valence electrons. The van der Waals surface area contributed by atoms with Crippen molar-refractivity contribution in [3.63, 3.8) is 0 Å². The van der Waals surface area contributed by atoms with Crippen molar-refractivity contribution in [3.8, 4) is 0 Å². The number of hydrogen-bond acceptors (Lipinski definition) is 2. The Bertz CT molecular complexity index is 163. The van der Waals surface area contributed by atoms with Crippen molar-refractivity contribution in [3.05, 3.63) is 0 Å². The Morgan fingerprint density at radius 1 is 1.27 bits per heavy atom. The topological polar surface area (TPSA) is 24.4 Å². The van der Waals surface area contributed by atoms with E-state index in [-0.39, 0.29) is 0 Å². The summed E-state index contributed by atoms with van der Waals surface area (Å²) in [5.74, 6) is 0. The number of nitrogens with one attached hydrogen (secondary N) is 1. The molecule has 2 heteroatoms. The van der Waals surface area contributed by atoms with E-state index in [2.05, 4.69) is 10.3 Å². The highest BCUT2D eigenvalue weighted by molar-refractivity contribution is 5.90. The molecule has 1 unspecified atom stereocenters. The molecule has 2 aliphatic heterocycles. The zero-order valence-electron chi connectivity index (χ0n) is 6.97. The molecule has 11 heavy (non-hydrogen) atoms. The highest BCUT2D eigenvalue weighted by atomic mass is 15.0. The van der Waals surface area contributed by atoms with Crippen molar-refractivity contribution in [1.82, 2.24) is 5.32 Å². The fourth-order valence-electron chi connectivity index (χ4n) is 1.98. The number of rotatable bonds is 0. The Morgan fingerprint density at radius 3 is 3.27 bits per heavy atom. The van der Waals surface area contributed by atoms with Gasteiger partial charge in [0.1, 0.15) is 0 Å². The number of aliphatic imine (C=N–C) groups is 1. The van der Waals surface area contributed by atoms with Crippen LogP contribution in [0.25, 0.3) is 0 Å². The van der Waals surface area contributed by atoms with Gasteiger partial charge in [-0.3, -0.25) is 4.99 Å². The number of nitrogens with zero attached hydrogens (tertiary/aromatic N) is 1. The van der Waals surface area contributed by atoms with Crippen LogP contribution in [-0.2, 0) is 0 Å². The first kappa shape index (κ1) is 7.29. The van der Waals surface area contributed by atoms with Gasteiger partial charge in [-0.15, -0.1) is 0 Å². The van der Waals surface area contributed by atoms with E-state index in [0.717, 1.165) is 6.54 Å². The van der Waals surface area contributed by atoms with Gasteiger partial charge in [-0.1, -0.05) is 0 Å². The molecule has 0 aromatic rings. The van der Waals surface area contributed by atoms with E-state index < -0.39 is 0 Å². The maximum absolute atomic E-state index is 4.57. The van der Waals surface area contributed by atoms with Crippen molar-refractivity contribution in [2.24, 2.45) is 4.99 Å². The van der Waals surface area contributed by atoms with Gasteiger partial charge in [-0.2, -0.15) is 0 Å². The van der Waals surface area contributed by atoms with E-state index >= 15 is 0 Å². The van der Waals surface area contributed by atoms with Crippen molar-refractivity contribution in [1.29, 1.82) is 0 Å². The van der Waals surface area contributed by atoms with E-state index in [1.54, 1.807) is 0 Å². The standard InChI is InChI=1S/C9H16N2/c1-2-6-10-9-5-3-7-11-8(9)4-1/h9-10H,1-7H2. The fraction of sp³-hybridized carbons (Fsp3) is 0.889. The minimum atomic E-state index is 0.645. The lowest BCUT2D eigenvalue weighted by Crippen LogP contribution is -2.37. The summed E-state index contributed by atoms with van der Waals surface area (Å²) < 4.78 is 0. The quantitative estimate of drug-likeness (QED) is 0.557. The maximum atomic E-state index is 4.57. The van der Waals surface area contributed by atoms with E-state index in [0.29, 0.717) is 6.04 Å². The van der Waals surface area contributed by atoms with Gasteiger partial charge in [-0.05, 0) is 38.6 Å². The average molecular weight is 152 g/mol. The summed E-state index contributed by atoms with van der Waals surface area (Å²) in [5.41, 5.74) is 1.45. The second-order valence-electron chi connectivity index (χ2n) is 3.48. The molecule has 1 N–H and O–H groups in total. The summed E-state index contributed by atoms with van der Waals surface area (Å²) in [7, 11) is 0. The molecule has 2 nitrogen and oxygen atoms in total. The smallest absolute Gasteiger partial charge is 0.0451 e. The van der Waals surface area contributed by atoms with Crippen LogP contribution in [0.3, 0.4) is 0 Å². The average Bonchev–Trinajstić information content (AvgIpc) is 2.28.